The van der Waals surface area contributed by atoms with Gasteiger partial charge in [-0.1, -0.05) is 52.5 Å². The highest BCUT2D eigenvalue weighted by molar-refractivity contribution is 6.76. The van der Waals surface area contributed by atoms with E-state index >= 15 is 0 Å². The number of pyridine rings is 1. The molecule has 2 heterocycles. The largest absolute Gasteiger partial charge is 0.480 e. The summed E-state index contributed by atoms with van der Waals surface area (Å²) in [6.07, 6.45) is 3.85. The van der Waals surface area contributed by atoms with Crippen LogP contribution in [0.3, 0.4) is 0 Å². The molecule has 3 rings (SSSR count). The highest BCUT2D eigenvalue weighted by Crippen LogP contribution is 2.37. The van der Waals surface area contributed by atoms with Crippen LogP contribution in [0.1, 0.15) is 52.7 Å². The molecular weight excluding hydrogens is 631 g/mol. The van der Waals surface area contributed by atoms with Gasteiger partial charge >= 0.3 is 12.1 Å². The number of amides is 1. The number of carbonyl (C=O) groups is 2. The number of benzene rings is 1. The molecule has 0 saturated carbocycles. The Kier molecular flexibility index (Phi) is 12.5. The molecular formula is C35H55N3O7Si2. The minimum absolute atomic E-state index is 0.0906. The molecule has 0 aliphatic rings. The van der Waals surface area contributed by atoms with E-state index in [0.29, 0.717) is 37.9 Å². The Morgan fingerprint density at radius 1 is 0.979 bits per heavy atom. The molecule has 3 aromatic rings. The molecule has 0 spiro atoms. The number of nitrogens with zero attached hydrogens (tertiary/aromatic N) is 2. The molecule has 47 heavy (non-hydrogen) atoms. The number of carboxylic acid groups (broad SMARTS) is 1. The van der Waals surface area contributed by atoms with Crippen molar-refractivity contribution >= 4 is 39.5 Å². The normalized spacial score (nSPS) is 13.4. The van der Waals surface area contributed by atoms with Gasteiger partial charge in [0, 0.05) is 40.1 Å². The lowest BCUT2D eigenvalue weighted by molar-refractivity contribution is -0.139. The van der Waals surface area contributed by atoms with E-state index in [4.69, 9.17) is 23.6 Å². The lowest BCUT2D eigenvalue weighted by atomic mass is 10.1. The summed E-state index contributed by atoms with van der Waals surface area (Å²) in [5.41, 5.74) is 1.85. The molecule has 12 heteroatoms. The minimum Gasteiger partial charge on any atom is -0.480 e. The number of rotatable bonds is 15. The van der Waals surface area contributed by atoms with Crippen LogP contribution in [0, 0.1) is 0 Å². The fourth-order valence-electron chi connectivity index (χ4n) is 4.52. The molecule has 0 aliphatic carbocycles. The number of carboxylic acids is 1. The second kappa shape index (κ2) is 15.4. The fourth-order valence-corrected chi connectivity index (χ4v) is 6.32. The summed E-state index contributed by atoms with van der Waals surface area (Å²) in [6, 6.07) is 8.99. The summed E-state index contributed by atoms with van der Waals surface area (Å²) in [5.74, 6) is 0.117. The second-order valence-corrected chi connectivity index (χ2v) is 26.3. The van der Waals surface area contributed by atoms with E-state index in [1.807, 2.05) is 10.6 Å². The van der Waals surface area contributed by atoms with Crippen LogP contribution in [0.15, 0.2) is 42.7 Å². The van der Waals surface area contributed by atoms with Crippen LogP contribution < -0.4 is 10.1 Å². The SMILES string of the molecule is CC(C)(C)OC(=O)NC(Cc1ccc(Oc2ccnc3c2c(CCO[Si](C)(C)C(C)(C)C)cn3COCC[Si](C)(C)C)cc1)C(=O)O. The average Bonchev–Trinajstić information content (AvgIpc) is 3.27. The van der Waals surface area contributed by atoms with E-state index < -0.39 is 40.1 Å². The standard InChI is InChI=1S/C35H55N3O7Si2/c1-34(2,3)45-33(41)37-28(32(39)40)22-25-12-14-27(15-13-25)44-29-16-18-36-31-30(29)26(17-19-43-47(10,11)35(4,5)6)23-38(31)24-42-20-21-46(7,8)9/h12-16,18,23,28H,17,19-22,24H2,1-11H3,(H,37,41)(H,39,40). The van der Waals surface area contributed by atoms with Gasteiger partial charge in [-0.2, -0.15) is 0 Å². The number of carbonyl (C=O) groups excluding carboxylic acids is 1. The Bertz CT molecular complexity index is 1500. The van der Waals surface area contributed by atoms with Crippen LogP contribution in [-0.2, 0) is 38.3 Å². The number of fused-ring (bicyclic) bond motifs is 1. The molecule has 0 radical (unpaired) electrons. The highest BCUT2D eigenvalue weighted by atomic mass is 28.4. The molecule has 1 unspecified atom stereocenters. The first-order chi connectivity index (χ1) is 21.6. The van der Waals surface area contributed by atoms with Crippen LogP contribution in [0.2, 0.25) is 43.8 Å². The summed E-state index contributed by atoms with van der Waals surface area (Å²) < 4.78 is 26.3. The molecule has 0 saturated heterocycles. The summed E-state index contributed by atoms with van der Waals surface area (Å²) >= 11 is 0. The molecule has 0 fully saturated rings. The van der Waals surface area contributed by atoms with Crippen LogP contribution in [-0.4, -0.2) is 68.0 Å². The van der Waals surface area contributed by atoms with Crippen LogP contribution in [0.25, 0.3) is 11.0 Å². The topological polar surface area (TPSA) is 121 Å². The zero-order chi connectivity index (χ0) is 35.2. The molecule has 1 atom stereocenters. The Hall–Kier alpha value is -3.20. The Morgan fingerprint density at radius 3 is 2.21 bits per heavy atom. The number of alkyl carbamates (subject to hydrolysis) is 1. The third-order valence-corrected chi connectivity index (χ3v) is 14.5. The van der Waals surface area contributed by atoms with Crippen molar-refractivity contribution in [1.82, 2.24) is 14.9 Å². The summed E-state index contributed by atoms with van der Waals surface area (Å²) in [6.45, 7) is 25.1. The van der Waals surface area contributed by atoms with Crippen molar-refractivity contribution in [1.29, 1.82) is 0 Å². The maximum atomic E-state index is 12.2. The van der Waals surface area contributed by atoms with Gasteiger partial charge in [0.25, 0.3) is 0 Å². The molecule has 2 N–H and O–H groups in total. The lowest BCUT2D eigenvalue weighted by Crippen LogP contribution is -2.44. The van der Waals surface area contributed by atoms with Crippen molar-refractivity contribution in [3.8, 4) is 11.5 Å². The van der Waals surface area contributed by atoms with E-state index in [0.717, 1.165) is 28.2 Å². The molecule has 10 nitrogen and oxygen atoms in total. The molecule has 1 amide bonds. The van der Waals surface area contributed by atoms with Gasteiger partial charge in [0.1, 0.15) is 35.5 Å². The van der Waals surface area contributed by atoms with E-state index in [-0.39, 0.29) is 11.5 Å². The van der Waals surface area contributed by atoms with Gasteiger partial charge in [-0.3, -0.25) is 0 Å². The summed E-state index contributed by atoms with van der Waals surface area (Å²) in [7, 11) is -3.14. The van der Waals surface area contributed by atoms with Gasteiger partial charge in [-0.15, -0.1) is 0 Å². The van der Waals surface area contributed by atoms with E-state index in [2.05, 4.69) is 65.0 Å². The smallest absolute Gasteiger partial charge is 0.408 e. The first kappa shape index (κ1) is 38.3. The number of nitrogens with one attached hydrogen (secondary N) is 1. The maximum Gasteiger partial charge on any atom is 0.408 e. The molecule has 0 bridgehead atoms. The van der Waals surface area contributed by atoms with E-state index in [1.165, 1.54) is 0 Å². The quantitative estimate of drug-likeness (QED) is 0.121. The van der Waals surface area contributed by atoms with Crippen molar-refractivity contribution in [2.45, 2.75) is 117 Å². The van der Waals surface area contributed by atoms with E-state index in [1.54, 1.807) is 51.2 Å². The summed E-state index contributed by atoms with van der Waals surface area (Å²) in [4.78, 5) is 28.8. The van der Waals surface area contributed by atoms with Crippen LogP contribution in [0.4, 0.5) is 4.79 Å². The Morgan fingerprint density at radius 2 is 1.64 bits per heavy atom. The summed E-state index contributed by atoms with van der Waals surface area (Å²) in [5, 5.41) is 13.2. The van der Waals surface area contributed by atoms with Crippen molar-refractivity contribution < 1.29 is 33.3 Å². The zero-order valence-corrected chi connectivity index (χ0v) is 32.2. The third-order valence-electron chi connectivity index (χ3n) is 8.24. The molecule has 0 aliphatic heterocycles. The fraction of sp³-hybridized carbons (Fsp3) is 0.571. The second-order valence-electron chi connectivity index (χ2n) is 15.8. The predicted molar refractivity (Wildman–Crippen MR) is 192 cm³/mol. The van der Waals surface area contributed by atoms with Crippen molar-refractivity contribution in [3.05, 3.63) is 53.9 Å². The predicted octanol–water partition coefficient (Wildman–Crippen LogP) is 8.23. The van der Waals surface area contributed by atoms with Crippen molar-refractivity contribution in [3.63, 3.8) is 0 Å². The average molecular weight is 686 g/mol. The van der Waals surface area contributed by atoms with Crippen molar-refractivity contribution in [2.75, 3.05) is 13.2 Å². The van der Waals surface area contributed by atoms with Crippen LogP contribution in [0.5, 0.6) is 11.5 Å². The number of aliphatic carboxylic acids is 1. The maximum absolute atomic E-state index is 12.2. The van der Waals surface area contributed by atoms with Gasteiger partial charge in [-0.25, -0.2) is 14.6 Å². The Balaban J connectivity index is 1.83. The monoisotopic (exact) mass is 685 g/mol. The number of aromatic nitrogens is 2. The lowest BCUT2D eigenvalue weighted by Gasteiger charge is -2.36. The van der Waals surface area contributed by atoms with E-state index in [9.17, 15) is 14.7 Å². The van der Waals surface area contributed by atoms with Gasteiger partial charge in [0.2, 0.25) is 0 Å². The van der Waals surface area contributed by atoms with Gasteiger partial charge in [0.15, 0.2) is 8.32 Å². The number of ether oxygens (including phenoxy) is 3. The Labute approximate surface area is 282 Å². The van der Waals surface area contributed by atoms with Gasteiger partial charge in [-0.05, 0) is 80.7 Å². The zero-order valence-electron chi connectivity index (χ0n) is 30.2. The third kappa shape index (κ3) is 11.8. The van der Waals surface area contributed by atoms with Crippen LogP contribution >= 0.6 is 0 Å². The number of hydrogen-bond acceptors (Lipinski definition) is 7. The minimum atomic E-state index is -1.92. The number of hydrogen-bond donors (Lipinski definition) is 2. The highest BCUT2D eigenvalue weighted by Gasteiger charge is 2.37. The first-order valence-electron chi connectivity index (χ1n) is 16.3. The van der Waals surface area contributed by atoms with Crippen molar-refractivity contribution in [2.24, 2.45) is 0 Å². The van der Waals surface area contributed by atoms with Gasteiger partial charge in [0.05, 0.1) is 5.39 Å². The molecule has 260 valence electrons. The van der Waals surface area contributed by atoms with Gasteiger partial charge < -0.3 is 33.6 Å². The molecule has 2 aromatic heterocycles. The first-order valence-corrected chi connectivity index (χ1v) is 22.9. The molecule has 1 aromatic carbocycles.